The van der Waals surface area contributed by atoms with Gasteiger partial charge >= 0.3 is 12.3 Å². The molecule has 0 aliphatic carbocycles. The summed E-state index contributed by atoms with van der Waals surface area (Å²) in [5, 5.41) is 2.30. The van der Waals surface area contributed by atoms with Crippen LogP contribution < -0.4 is 11.2 Å². The fourth-order valence-corrected chi connectivity index (χ4v) is 1.68. The molecule has 0 aliphatic heterocycles. The fourth-order valence-electron chi connectivity index (χ4n) is 1.68. The highest BCUT2D eigenvalue weighted by molar-refractivity contribution is 5.86. The van der Waals surface area contributed by atoms with E-state index in [1.807, 2.05) is 0 Å². The molecule has 1 aromatic rings. The molecule has 124 valence electrons. The zero-order chi connectivity index (χ0) is 17.1. The minimum absolute atomic E-state index is 0.0676. The van der Waals surface area contributed by atoms with Crippen molar-refractivity contribution in [3.63, 3.8) is 0 Å². The van der Waals surface area contributed by atoms with Gasteiger partial charge in [-0.2, -0.15) is 13.2 Å². The normalized spacial score (nSPS) is 13.6. The first-order chi connectivity index (χ1) is 9.94. The van der Waals surface area contributed by atoms with E-state index >= 15 is 0 Å². The Labute approximate surface area is 126 Å². The number of nitrogens with one attached hydrogen (secondary N) is 1. The second-order valence-electron chi connectivity index (χ2n) is 5.70. The molecule has 0 saturated carbocycles. The summed E-state index contributed by atoms with van der Waals surface area (Å²) in [5.41, 5.74) is -1.43. The average Bonchev–Trinajstić information content (AvgIpc) is 2.34. The van der Waals surface area contributed by atoms with Crippen LogP contribution in [0.4, 0.5) is 23.7 Å². The molecule has 5 nitrogen and oxygen atoms in total. The third-order valence-electron chi connectivity index (χ3n) is 2.66. The number of carbonyl (C=O) groups is 1. The van der Waals surface area contributed by atoms with E-state index in [1.165, 1.54) is 6.07 Å². The first-order valence-electron chi connectivity index (χ1n) is 6.50. The predicted octanol–water partition coefficient (Wildman–Crippen LogP) is 4.00. The molecule has 0 aromatic heterocycles. The lowest BCUT2D eigenvalue weighted by Crippen LogP contribution is -2.28. The van der Waals surface area contributed by atoms with Crippen LogP contribution in [-0.2, 0) is 15.8 Å². The summed E-state index contributed by atoms with van der Waals surface area (Å²) in [6.45, 7) is 6.48. The number of anilines is 1. The molecule has 0 aliphatic rings. The van der Waals surface area contributed by atoms with Crippen LogP contribution in [0.25, 0.3) is 0 Å². The third-order valence-corrected chi connectivity index (χ3v) is 2.66. The molecular weight excluding hydrogens is 301 g/mol. The topological polar surface area (TPSA) is 73.6 Å². The van der Waals surface area contributed by atoms with Crippen LogP contribution in [0.15, 0.2) is 18.2 Å². The van der Waals surface area contributed by atoms with Gasteiger partial charge in [-0.25, -0.2) is 10.7 Å². The van der Waals surface area contributed by atoms with E-state index in [9.17, 15) is 18.0 Å². The zero-order valence-corrected chi connectivity index (χ0v) is 12.7. The minimum Gasteiger partial charge on any atom is -0.444 e. The van der Waals surface area contributed by atoms with E-state index in [1.54, 1.807) is 27.7 Å². The largest absolute Gasteiger partial charge is 0.444 e. The van der Waals surface area contributed by atoms with Crippen LogP contribution in [0.3, 0.4) is 0 Å². The Morgan fingerprint density at radius 2 is 1.86 bits per heavy atom. The molecule has 0 spiro atoms. The second-order valence-corrected chi connectivity index (χ2v) is 5.70. The zero-order valence-electron chi connectivity index (χ0n) is 12.7. The number of amides is 1. The Kier molecular flexibility index (Phi) is 5.42. The summed E-state index contributed by atoms with van der Waals surface area (Å²) in [6, 6.07) is 2.91. The van der Waals surface area contributed by atoms with Gasteiger partial charge in [0.25, 0.3) is 0 Å². The maximum absolute atomic E-state index is 12.8. The maximum Gasteiger partial charge on any atom is 0.416 e. The minimum atomic E-state index is -4.53. The average molecular weight is 320 g/mol. The lowest BCUT2D eigenvalue weighted by Gasteiger charge is -2.22. The van der Waals surface area contributed by atoms with E-state index < -0.39 is 29.5 Å². The SMILES string of the molecule is CC(ON)c1ccc(C(F)(F)F)cc1NC(=O)OC(C)(C)C. The van der Waals surface area contributed by atoms with E-state index in [0.717, 1.165) is 12.1 Å². The number of ether oxygens (including phenoxy) is 1. The Morgan fingerprint density at radius 3 is 2.32 bits per heavy atom. The highest BCUT2D eigenvalue weighted by Gasteiger charge is 2.32. The smallest absolute Gasteiger partial charge is 0.416 e. The molecule has 0 radical (unpaired) electrons. The van der Waals surface area contributed by atoms with Crippen molar-refractivity contribution in [2.24, 2.45) is 5.90 Å². The fraction of sp³-hybridized carbons (Fsp3) is 0.500. The monoisotopic (exact) mass is 320 g/mol. The third kappa shape index (κ3) is 5.19. The van der Waals surface area contributed by atoms with E-state index in [2.05, 4.69) is 10.2 Å². The maximum atomic E-state index is 12.8. The van der Waals surface area contributed by atoms with E-state index in [4.69, 9.17) is 10.6 Å². The number of halogens is 3. The quantitative estimate of drug-likeness (QED) is 0.826. The van der Waals surface area contributed by atoms with Crippen LogP contribution in [0.5, 0.6) is 0 Å². The lowest BCUT2D eigenvalue weighted by atomic mass is 10.0. The van der Waals surface area contributed by atoms with E-state index in [0.29, 0.717) is 5.56 Å². The molecule has 0 fully saturated rings. The number of hydrogen-bond acceptors (Lipinski definition) is 4. The first kappa shape index (κ1) is 18.2. The molecule has 1 amide bonds. The number of benzene rings is 1. The Morgan fingerprint density at radius 1 is 1.27 bits per heavy atom. The Bertz CT molecular complexity index is 539. The Hall–Kier alpha value is -1.80. The summed E-state index contributed by atoms with van der Waals surface area (Å²) in [4.78, 5) is 16.4. The van der Waals surface area contributed by atoms with Gasteiger partial charge in [0.1, 0.15) is 11.7 Å². The number of rotatable bonds is 3. The van der Waals surface area contributed by atoms with Crippen molar-refractivity contribution in [1.29, 1.82) is 0 Å². The molecule has 0 bridgehead atoms. The molecule has 3 N–H and O–H groups in total. The lowest BCUT2D eigenvalue weighted by molar-refractivity contribution is -0.137. The summed E-state index contributed by atoms with van der Waals surface area (Å²) >= 11 is 0. The highest BCUT2D eigenvalue weighted by atomic mass is 19.4. The number of alkyl halides is 3. The summed E-state index contributed by atoms with van der Waals surface area (Å²) in [5.74, 6) is 5.06. The molecule has 1 rings (SSSR count). The summed E-state index contributed by atoms with van der Waals surface area (Å²) in [7, 11) is 0. The first-order valence-corrected chi connectivity index (χ1v) is 6.50. The molecule has 0 saturated heterocycles. The second kappa shape index (κ2) is 6.53. The van der Waals surface area contributed by atoms with E-state index in [-0.39, 0.29) is 5.69 Å². The van der Waals surface area contributed by atoms with Gasteiger partial charge in [0.15, 0.2) is 0 Å². The van der Waals surface area contributed by atoms with Crippen LogP contribution in [0.2, 0.25) is 0 Å². The van der Waals surface area contributed by atoms with Crippen molar-refractivity contribution in [2.45, 2.75) is 45.6 Å². The van der Waals surface area contributed by atoms with Crippen LogP contribution in [0.1, 0.15) is 44.9 Å². The molecular formula is C14H19F3N2O3. The van der Waals surface area contributed by atoms with Crippen LogP contribution >= 0.6 is 0 Å². The van der Waals surface area contributed by atoms with Crippen molar-refractivity contribution in [3.05, 3.63) is 29.3 Å². The standard InChI is InChI=1S/C14H19F3N2O3/c1-8(22-18)10-6-5-9(14(15,16)17)7-11(10)19-12(20)21-13(2,3)4/h5-8H,18H2,1-4H3,(H,19,20). The molecule has 8 heteroatoms. The molecule has 0 heterocycles. The molecule has 22 heavy (non-hydrogen) atoms. The van der Waals surface area contributed by atoms with Gasteiger partial charge < -0.3 is 4.74 Å². The van der Waals surface area contributed by atoms with Gasteiger partial charge in [-0.05, 0) is 39.8 Å². The van der Waals surface area contributed by atoms with Crippen LogP contribution in [0, 0.1) is 0 Å². The Balaban J connectivity index is 3.14. The molecule has 1 unspecified atom stereocenters. The molecule has 1 aromatic carbocycles. The van der Waals surface area contributed by atoms with Gasteiger partial charge in [-0.3, -0.25) is 10.2 Å². The number of hydrogen-bond donors (Lipinski definition) is 2. The predicted molar refractivity (Wildman–Crippen MR) is 75.0 cm³/mol. The number of nitrogens with two attached hydrogens (primary N) is 1. The van der Waals surface area contributed by atoms with Gasteiger partial charge in [0, 0.05) is 5.56 Å². The summed E-state index contributed by atoms with van der Waals surface area (Å²) in [6.07, 6.45) is -6.10. The van der Waals surface area contributed by atoms with Crippen molar-refractivity contribution >= 4 is 11.8 Å². The van der Waals surface area contributed by atoms with Crippen molar-refractivity contribution in [2.75, 3.05) is 5.32 Å². The highest BCUT2D eigenvalue weighted by Crippen LogP contribution is 2.34. The van der Waals surface area contributed by atoms with Gasteiger partial charge in [0.2, 0.25) is 0 Å². The van der Waals surface area contributed by atoms with Crippen LogP contribution in [-0.4, -0.2) is 11.7 Å². The van der Waals surface area contributed by atoms with Crippen molar-refractivity contribution < 1.29 is 27.5 Å². The van der Waals surface area contributed by atoms with Crippen molar-refractivity contribution in [1.82, 2.24) is 0 Å². The van der Waals surface area contributed by atoms with Gasteiger partial charge in [-0.15, -0.1) is 0 Å². The van der Waals surface area contributed by atoms with Crippen molar-refractivity contribution in [3.8, 4) is 0 Å². The van der Waals surface area contributed by atoms with Gasteiger partial charge in [0.05, 0.1) is 11.3 Å². The summed E-state index contributed by atoms with van der Waals surface area (Å²) < 4.78 is 43.4. The van der Waals surface area contributed by atoms with Gasteiger partial charge in [-0.1, -0.05) is 6.07 Å². The number of carbonyl (C=O) groups excluding carboxylic acids is 1. The molecule has 1 atom stereocenters.